The second kappa shape index (κ2) is 7.56. The Bertz CT molecular complexity index is 343. The third-order valence-electron chi connectivity index (χ3n) is 3.69. The van der Waals surface area contributed by atoms with Crippen molar-refractivity contribution in [2.24, 2.45) is 0 Å². The Hall–Kier alpha value is -1.18. The maximum atomic E-state index is 12.3. The Kier molecular flexibility index (Phi) is 5.75. The second-order valence-electron chi connectivity index (χ2n) is 5.31. The Morgan fingerprint density at radius 2 is 2.10 bits per heavy atom. The van der Waals surface area contributed by atoms with E-state index in [-0.39, 0.29) is 18.4 Å². The van der Waals surface area contributed by atoms with E-state index in [1.165, 1.54) is 0 Å². The lowest BCUT2D eigenvalue weighted by molar-refractivity contribution is -0.148. The van der Waals surface area contributed by atoms with Gasteiger partial charge < -0.3 is 20.1 Å². The monoisotopic (exact) mass is 285 g/mol. The van der Waals surface area contributed by atoms with Crippen LogP contribution >= 0.6 is 0 Å². The number of hydrogen-bond acceptors (Lipinski definition) is 5. The largest absolute Gasteiger partial charge is 0.481 e. The van der Waals surface area contributed by atoms with Gasteiger partial charge in [0, 0.05) is 26.2 Å². The predicted octanol–water partition coefficient (Wildman–Crippen LogP) is -1.02. The number of carbonyl (C=O) groups is 2. The zero-order chi connectivity index (χ0) is 14.4. The van der Waals surface area contributed by atoms with Gasteiger partial charge in [-0.25, -0.2) is 0 Å². The van der Waals surface area contributed by atoms with Crippen LogP contribution in [0.5, 0.6) is 0 Å². The van der Waals surface area contributed by atoms with E-state index in [0.717, 1.165) is 32.6 Å². The highest BCUT2D eigenvalue weighted by Crippen LogP contribution is 2.09. The molecule has 1 unspecified atom stereocenters. The van der Waals surface area contributed by atoms with Gasteiger partial charge in [-0.1, -0.05) is 0 Å². The average molecular weight is 285 g/mol. The molecule has 2 rings (SSSR count). The highest BCUT2D eigenvalue weighted by molar-refractivity contribution is 5.78. The van der Waals surface area contributed by atoms with Gasteiger partial charge in [-0.3, -0.25) is 14.5 Å². The van der Waals surface area contributed by atoms with Gasteiger partial charge >= 0.3 is 5.97 Å². The fourth-order valence-corrected chi connectivity index (χ4v) is 2.62. The van der Waals surface area contributed by atoms with E-state index in [1.807, 2.05) is 0 Å². The van der Waals surface area contributed by atoms with Gasteiger partial charge in [-0.05, 0) is 19.5 Å². The summed E-state index contributed by atoms with van der Waals surface area (Å²) in [6.07, 6.45) is 0.631. The fourth-order valence-electron chi connectivity index (χ4n) is 2.62. The maximum Gasteiger partial charge on any atom is 0.306 e. The van der Waals surface area contributed by atoms with Crippen molar-refractivity contribution in [3.8, 4) is 0 Å². The fraction of sp³-hybridized carbons (Fsp3) is 0.846. The zero-order valence-corrected chi connectivity index (χ0v) is 11.7. The third kappa shape index (κ3) is 4.73. The van der Waals surface area contributed by atoms with Crippen LogP contribution in [0.4, 0.5) is 0 Å². The topological polar surface area (TPSA) is 82.1 Å². The first kappa shape index (κ1) is 15.2. The Labute approximate surface area is 118 Å². The molecule has 0 aliphatic carbocycles. The number of morpholine rings is 1. The van der Waals surface area contributed by atoms with E-state index in [1.54, 1.807) is 4.90 Å². The number of aliphatic carboxylic acids is 1. The molecule has 2 aliphatic heterocycles. The Morgan fingerprint density at radius 3 is 2.90 bits per heavy atom. The molecule has 7 heteroatoms. The van der Waals surface area contributed by atoms with Crippen molar-refractivity contribution in [1.29, 1.82) is 0 Å². The summed E-state index contributed by atoms with van der Waals surface area (Å²) in [6, 6.07) is 0. The van der Waals surface area contributed by atoms with Crippen molar-refractivity contribution in [3.05, 3.63) is 0 Å². The molecule has 2 aliphatic rings. The summed E-state index contributed by atoms with van der Waals surface area (Å²) in [5.74, 6) is -0.812. The van der Waals surface area contributed by atoms with E-state index >= 15 is 0 Å². The average Bonchev–Trinajstić information content (AvgIpc) is 2.67. The van der Waals surface area contributed by atoms with Gasteiger partial charge in [-0.2, -0.15) is 0 Å². The molecule has 2 heterocycles. The maximum absolute atomic E-state index is 12.3. The SMILES string of the molecule is O=C(O)CC1CN(C(=O)CN2CCCNCC2)CCO1. The first-order valence-corrected chi connectivity index (χ1v) is 7.19. The molecule has 0 saturated carbocycles. The van der Waals surface area contributed by atoms with Crippen molar-refractivity contribution in [3.63, 3.8) is 0 Å². The summed E-state index contributed by atoms with van der Waals surface area (Å²) in [7, 11) is 0. The number of hydrogen-bond donors (Lipinski definition) is 2. The lowest BCUT2D eigenvalue weighted by Gasteiger charge is -2.33. The van der Waals surface area contributed by atoms with Crippen LogP contribution in [0.25, 0.3) is 0 Å². The van der Waals surface area contributed by atoms with Crippen LogP contribution < -0.4 is 5.32 Å². The normalized spacial score (nSPS) is 25.2. The smallest absolute Gasteiger partial charge is 0.306 e. The van der Waals surface area contributed by atoms with E-state index in [4.69, 9.17) is 9.84 Å². The summed E-state index contributed by atoms with van der Waals surface area (Å²) in [5, 5.41) is 12.1. The molecule has 0 aromatic rings. The molecule has 0 aromatic heterocycles. The second-order valence-corrected chi connectivity index (χ2v) is 5.31. The molecule has 0 bridgehead atoms. The summed E-state index contributed by atoms with van der Waals surface area (Å²) in [6.45, 7) is 5.52. The molecule has 1 atom stereocenters. The number of carboxylic acids is 1. The molecule has 1 amide bonds. The number of carbonyl (C=O) groups excluding carboxylic acids is 1. The summed E-state index contributed by atoms with van der Waals surface area (Å²) in [5.41, 5.74) is 0. The summed E-state index contributed by atoms with van der Waals surface area (Å²) < 4.78 is 5.38. The highest BCUT2D eigenvalue weighted by atomic mass is 16.5. The first-order chi connectivity index (χ1) is 9.65. The van der Waals surface area contributed by atoms with Crippen molar-refractivity contribution < 1.29 is 19.4 Å². The van der Waals surface area contributed by atoms with Gasteiger partial charge in [0.1, 0.15) is 0 Å². The van der Waals surface area contributed by atoms with Gasteiger partial charge in [0.05, 0.1) is 25.7 Å². The van der Waals surface area contributed by atoms with Crippen molar-refractivity contribution in [2.45, 2.75) is 18.9 Å². The first-order valence-electron chi connectivity index (χ1n) is 7.19. The van der Waals surface area contributed by atoms with Crippen LogP contribution in [0, 0.1) is 0 Å². The quantitative estimate of drug-likeness (QED) is 0.688. The minimum Gasteiger partial charge on any atom is -0.481 e. The van der Waals surface area contributed by atoms with Crippen LogP contribution in [0.1, 0.15) is 12.8 Å². The number of nitrogens with zero attached hydrogens (tertiary/aromatic N) is 2. The zero-order valence-electron chi connectivity index (χ0n) is 11.7. The van der Waals surface area contributed by atoms with Crippen LogP contribution in [-0.2, 0) is 14.3 Å². The molecule has 0 aromatic carbocycles. The van der Waals surface area contributed by atoms with E-state index < -0.39 is 5.97 Å². The minimum atomic E-state index is -0.886. The molecule has 0 spiro atoms. The summed E-state index contributed by atoms with van der Waals surface area (Å²) >= 11 is 0. The molecule has 2 fully saturated rings. The number of ether oxygens (including phenoxy) is 1. The molecular formula is C13H23N3O4. The van der Waals surface area contributed by atoms with E-state index in [0.29, 0.717) is 26.2 Å². The van der Waals surface area contributed by atoms with Crippen LogP contribution in [-0.4, -0.2) is 85.3 Å². The van der Waals surface area contributed by atoms with Gasteiger partial charge in [0.25, 0.3) is 0 Å². The summed E-state index contributed by atoms with van der Waals surface area (Å²) in [4.78, 5) is 26.9. The van der Waals surface area contributed by atoms with Crippen molar-refractivity contribution in [2.75, 3.05) is 52.4 Å². The van der Waals surface area contributed by atoms with Gasteiger partial charge in [0.15, 0.2) is 0 Å². The van der Waals surface area contributed by atoms with Crippen LogP contribution in [0.2, 0.25) is 0 Å². The lowest BCUT2D eigenvalue weighted by atomic mass is 10.2. The molecule has 2 N–H and O–H groups in total. The van der Waals surface area contributed by atoms with Gasteiger partial charge in [0.2, 0.25) is 5.91 Å². The minimum absolute atomic E-state index is 0.0442. The molecule has 7 nitrogen and oxygen atoms in total. The van der Waals surface area contributed by atoms with Crippen molar-refractivity contribution in [1.82, 2.24) is 15.1 Å². The third-order valence-corrected chi connectivity index (χ3v) is 3.69. The standard InChI is InChI=1S/C13H23N3O4/c17-12(10-15-4-1-2-14-3-5-15)16-6-7-20-11(9-16)8-13(18)19/h11,14H,1-10H2,(H,18,19). The molecule has 114 valence electrons. The van der Waals surface area contributed by atoms with Crippen molar-refractivity contribution >= 4 is 11.9 Å². The van der Waals surface area contributed by atoms with Crippen LogP contribution in [0.3, 0.4) is 0 Å². The molecule has 20 heavy (non-hydrogen) atoms. The number of nitrogens with one attached hydrogen (secondary N) is 1. The molecule has 2 saturated heterocycles. The Balaban J connectivity index is 1.80. The number of rotatable bonds is 4. The van der Waals surface area contributed by atoms with E-state index in [2.05, 4.69) is 10.2 Å². The number of amides is 1. The van der Waals surface area contributed by atoms with E-state index in [9.17, 15) is 9.59 Å². The van der Waals surface area contributed by atoms with Crippen LogP contribution in [0.15, 0.2) is 0 Å². The molecular weight excluding hydrogens is 262 g/mol. The highest BCUT2D eigenvalue weighted by Gasteiger charge is 2.26. The number of carboxylic acid groups (broad SMARTS) is 1. The lowest BCUT2D eigenvalue weighted by Crippen LogP contribution is -2.49. The predicted molar refractivity (Wildman–Crippen MR) is 72.5 cm³/mol. The molecule has 0 radical (unpaired) electrons. The Morgan fingerprint density at radius 1 is 1.25 bits per heavy atom. The van der Waals surface area contributed by atoms with Gasteiger partial charge in [-0.15, -0.1) is 0 Å².